The SMILES string of the molecule is COc1cc2c(cc1Oc1c3c(c(C)c(OC)c1OC)CCN(C)C3)C(Cc1ccc(C)c(Oc3ccc(C)cc3)c1)N(C)CC2. The monoisotopic (exact) mass is 622 g/mol. The van der Waals surface area contributed by atoms with Crippen LogP contribution >= 0.6 is 0 Å². The average molecular weight is 623 g/mol. The summed E-state index contributed by atoms with van der Waals surface area (Å²) in [6.45, 7) is 9.00. The Morgan fingerprint density at radius 1 is 0.696 bits per heavy atom. The van der Waals surface area contributed by atoms with Crippen molar-refractivity contribution in [3.8, 4) is 40.2 Å². The van der Waals surface area contributed by atoms with E-state index >= 15 is 0 Å². The molecule has 0 radical (unpaired) electrons. The van der Waals surface area contributed by atoms with Crippen LogP contribution in [0.2, 0.25) is 0 Å². The van der Waals surface area contributed by atoms with Crippen LogP contribution in [0.15, 0.2) is 54.6 Å². The first-order valence-corrected chi connectivity index (χ1v) is 16.1. The third kappa shape index (κ3) is 6.14. The molecule has 242 valence electrons. The first-order valence-electron chi connectivity index (χ1n) is 16.1. The minimum Gasteiger partial charge on any atom is -0.493 e. The fourth-order valence-corrected chi connectivity index (χ4v) is 6.89. The molecule has 0 spiro atoms. The predicted octanol–water partition coefficient (Wildman–Crippen LogP) is 7.98. The van der Waals surface area contributed by atoms with Gasteiger partial charge in [0.05, 0.1) is 21.3 Å². The number of rotatable bonds is 9. The predicted molar refractivity (Wildman–Crippen MR) is 183 cm³/mol. The van der Waals surface area contributed by atoms with Gasteiger partial charge in [0.25, 0.3) is 0 Å². The van der Waals surface area contributed by atoms with Crippen LogP contribution in [0.5, 0.6) is 40.2 Å². The molecule has 1 unspecified atom stereocenters. The molecule has 6 rings (SSSR count). The number of nitrogens with zero attached hydrogens (tertiary/aromatic N) is 2. The highest BCUT2D eigenvalue weighted by atomic mass is 16.5. The number of benzene rings is 4. The Balaban J connectivity index is 1.38. The molecule has 0 saturated heterocycles. The Bertz CT molecular complexity index is 1730. The lowest BCUT2D eigenvalue weighted by Gasteiger charge is -2.36. The molecule has 0 amide bonds. The van der Waals surface area contributed by atoms with E-state index < -0.39 is 0 Å². The Labute approximate surface area is 273 Å². The van der Waals surface area contributed by atoms with Gasteiger partial charge in [-0.05, 0) is 118 Å². The van der Waals surface area contributed by atoms with Crippen LogP contribution in [0.25, 0.3) is 0 Å². The van der Waals surface area contributed by atoms with Crippen LogP contribution in [0.1, 0.15) is 50.5 Å². The van der Waals surface area contributed by atoms with Crippen molar-refractivity contribution in [3.05, 3.63) is 99.1 Å². The summed E-state index contributed by atoms with van der Waals surface area (Å²) in [7, 11) is 9.42. The van der Waals surface area contributed by atoms with E-state index in [0.29, 0.717) is 23.0 Å². The van der Waals surface area contributed by atoms with Crippen molar-refractivity contribution in [1.29, 1.82) is 0 Å². The molecule has 7 heteroatoms. The number of methoxy groups -OCH3 is 3. The van der Waals surface area contributed by atoms with Crippen molar-refractivity contribution < 1.29 is 23.7 Å². The molecule has 0 saturated carbocycles. The molecule has 0 aliphatic carbocycles. The maximum Gasteiger partial charge on any atom is 0.204 e. The minimum absolute atomic E-state index is 0.154. The van der Waals surface area contributed by atoms with E-state index in [9.17, 15) is 0 Å². The first kappa shape index (κ1) is 31.8. The second-order valence-electron chi connectivity index (χ2n) is 12.7. The molecule has 2 aliphatic rings. The number of hydrogen-bond donors (Lipinski definition) is 0. The Morgan fingerprint density at radius 2 is 1.46 bits per heavy atom. The van der Waals surface area contributed by atoms with Gasteiger partial charge in [-0.3, -0.25) is 4.90 Å². The van der Waals surface area contributed by atoms with Crippen molar-refractivity contribution in [3.63, 3.8) is 0 Å². The first-order chi connectivity index (χ1) is 22.2. The van der Waals surface area contributed by atoms with Gasteiger partial charge in [-0.1, -0.05) is 29.8 Å². The van der Waals surface area contributed by atoms with E-state index in [2.05, 4.69) is 87.1 Å². The summed E-state index contributed by atoms with van der Waals surface area (Å²) in [5.41, 5.74) is 9.58. The molecule has 1 atom stereocenters. The Morgan fingerprint density at radius 3 is 2.17 bits per heavy atom. The summed E-state index contributed by atoms with van der Waals surface area (Å²) < 4.78 is 31.0. The largest absolute Gasteiger partial charge is 0.493 e. The lowest BCUT2D eigenvalue weighted by molar-refractivity contribution is 0.228. The second kappa shape index (κ2) is 13.3. The highest BCUT2D eigenvalue weighted by Crippen LogP contribution is 2.50. The zero-order chi connectivity index (χ0) is 32.5. The number of hydrogen-bond acceptors (Lipinski definition) is 7. The third-order valence-electron chi connectivity index (χ3n) is 9.62. The number of ether oxygens (including phenoxy) is 5. The van der Waals surface area contributed by atoms with E-state index in [1.807, 2.05) is 12.1 Å². The van der Waals surface area contributed by atoms with Gasteiger partial charge in [-0.15, -0.1) is 0 Å². The standard InChI is InChI=1S/C39H46N2O5/c1-24-9-13-29(14-10-24)45-34-20-27(12-11-25(34)2)19-33-31-22-36(35(42-6)21-28(31)15-18-41(33)5)46-38-32-23-40(4)17-16-30(32)26(3)37(43-7)39(38)44-8/h9-14,20-22,33H,15-19,23H2,1-8H3. The summed E-state index contributed by atoms with van der Waals surface area (Å²) in [4.78, 5) is 4.75. The number of likely N-dealkylation sites (N-methyl/N-ethyl adjacent to an activating group) is 2. The molecule has 0 N–H and O–H groups in total. The van der Waals surface area contributed by atoms with Gasteiger partial charge in [-0.2, -0.15) is 0 Å². The van der Waals surface area contributed by atoms with Gasteiger partial charge in [0, 0.05) is 31.2 Å². The average Bonchev–Trinajstić information content (AvgIpc) is 3.05. The smallest absolute Gasteiger partial charge is 0.204 e. The van der Waals surface area contributed by atoms with E-state index in [0.717, 1.165) is 72.8 Å². The molecule has 46 heavy (non-hydrogen) atoms. The summed E-state index contributed by atoms with van der Waals surface area (Å²) in [6, 6.07) is 19.2. The van der Waals surface area contributed by atoms with Crippen molar-refractivity contribution in [2.24, 2.45) is 0 Å². The van der Waals surface area contributed by atoms with Gasteiger partial charge in [0.15, 0.2) is 23.0 Å². The molecule has 0 bridgehead atoms. The molecular formula is C39H46N2O5. The van der Waals surface area contributed by atoms with Crippen molar-refractivity contribution in [2.75, 3.05) is 48.5 Å². The lowest BCUT2D eigenvalue weighted by atomic mass is 9.88. The molecule has 4 aromatic carbocycles. The van der Waals surface area contributed by atoms with Crippen molar-refractivity contribution in [2.45, 2.75) is 52.6 Å². The quantitative estimate of drug-likeness (QED) is 0.188. The Kier molecular flexibility index (Phi) is 9.16. The molecule has 2 aliphatic heterocycles. The molecule has 0 fully saturated rings. The maximum absolute atomic E-state index is 6.88. The highest BCUT2D eigenvalue weighted by molar-refractivity contribution is 5.66. The summed E-state index contributed by atoms with van der Waals surface area (Å²) >= 11 is 0. The van der Waals surface area contributed by atoms with Gasteiger partial charge in [0.1, 0.15) is 11.5 Å². The molecule has 4 aromatic rings. The van der Waals surface area contributed by atoms with Crippen LogP contribution in [0, 0.1) is 20.8 Å². The van der Waals surface area contributed by atoms with Crippen LogP contribution in [0.4, 0.5) is 0 Å². The van der Waals surface area contributed by atoms with Gasteiger partial charge in [0.2, 0.25) is 5.75 Å². The summed E-state index contributed by atoms with van der Waals surface area (Å²) in [5, 5.41) is 0. The number of aryl methyl sites for hydroxylation is 2. The van der Waals surface area contributed by atoms with Gasteiger partial charge in [-0.25, -0.2) is 0 Å². The lowest BCUT2D eigenvalue weighted by Crippen LogP contribution is -2.33. The van der Waals surface area contributed by atoms with Gasteiger partial charge < -0.3 is 28.6 Å². The molecule has 0 aromatic heterocycles. The zero-order valence-corrected chi connectivity index (χ0v) is 28.5. The van der Waals surface area contributed by atoms with E-state index in [-0.39, 0.29) is 6.04 Å². The van der Waals surface area contributed by atoms with Crippen molar-refractivity contribution >= 4 is 0 Å². The van der Waals surface area contributed by atoms with Crippen LogP contribution in [0.3, 0.4) is 0 Å². The highest BCUT2D eigenvalue weighted by Gasteiger charge is 2.31. The normalized spacial score (nSPS) is 16.4. The molecule has 2 heterocycles. The van der Waals surface area contributed by atoms with Crippen molar-refractivity contribution in [1.82, 2.24) is 9.80 Å². The zero-order valence-electron chi connectivity index (χ0n) is 28.5. The fraction of sp³-hybridized carbons (Fsp3) is 0.385. The molecule has 7 nitrogen and oxygen atoms in total. The van der Waals surface area contributed by atoms with E-state index in [1.165, 1.54) is 27.8 Å². The van der Waals surface area contributed by atoms with E-state index in [4.69, 9.17) is 23.7 Å². The topological polar surface area (TPSA) is 52.6 Å². The van der Waals surface area contributed by atoms with Crippen LogP contribution in [-0.2, 0) is 25.8 Å². The second-order valence-corrected chi connectivity index (χ2v) is 12.7. The minimum atomic E-state index is 0.154. The fourth-order valence-electron chi connectivity index (χ4n) is 6.89. The Hall–Kier alpha value is -4.20. The van der Waals surface area contributed by atoms with Gasteiger partial charge >= 0.3 is 0 Å². The van der Waals surface area contributed by atoms with Crippen LogP contribution < -0.4 is 23.7 Å². The van der Waals surface area contributed by atoms with E-state index in [1.54, 1.807) is 21.3 Å². The maximum atomic E-state index is 6.88. The third-order valence-corrected chi connectivity index (χ3v) is 9.62. The number of fused-ring (bicyclic) bond motifs is 2. The summed E-state index contributed by atoms with van der Waals surface area (Å²) in [6.07, 6.45) is 2.70. The summed E-state index contributed by atoms with van der Waals surface area (Å²) in [5.74, 6) is 5.15. The molecular weight excluding hydrogens is 576 g/mol. The van der Waals surface area contributed by atoms with Crippen LogP contribution in [-0.4, -0.2) is 58.3 Å².